The molecular formula is C13H21NO2S. The van der Waals surface area contributed by atoms with Crippen LogP contribution in [0.25, 0.3) is 0 Å². The van der Waals surface area contributed by atoms with Crippen molar-refractivity contribution in [3.63, 3.8) is 0 Å². The number of aromatic carboxylic acids is 1. The summed E-state index contributed by atoms with van der Waals surface area (Å²) in [6, 6.07) is 2.24. The number of rotatable bonds is 6. The van der Waals surface area contributed by atoms with Crippen molar-refractivity contribution in [2.75, 3.05) is 0 Å². The highest BCUT2D eigenvalue weighted by Gasteiger charge is 2.11. The second-order valence-electron chi connectivity index (χ2n) is 4.91. The Morgan fingerprint density at radius 1 is 1.47 bits per heavy atom. The molecule has 1 unspecified atom stereocenters. The maximum absolute atomic E-state index is 10.8. The van der Waals surface area contributed by atoms with Crippen molar-refractivity contribution in [2.45, 2.75) is 46.7 Å². The third-order valence-electron chi connectivity index (χ3n) is 2.70. The summed E-state index contributed by atoms with van der Waals surface area (Å²) < 4.78 is 0. The van der Waals surface area contributed by atoms with Crippen molar-refractivity contribution in [3.8, 4) is 0 Å². The van der Waals surface area contributed by atoms with E-state index in [0.717, 1.165) is 23.4 Å². The van der Waals surface area contributed by atoms with E-state index in [9.17, 15) is 4.79 Å². The summed E-state index contributed by atoms with van der Waals surface area (Å²) in [7, 11) is 0. The predicted molar refractivity (Wildman–Crippen MR) is 71.8 cm³/mol. The van der Waals surface area contributed by atoms with Crippen LogP contribution < -0.4 is 5.32 Å². The molecule has 0 spiro atoms. The summed E-state index contributed by atoms with van der Waals surface area (Å²) in [6.07, 6.45) is 1.13. The van der Waals surface area contributed by atoms with Gasteiger partial charge in [0.15, 0.2) is 0 Å². The van der Waals surface area contributed by atoms with E-state index < -0.39 is 5.97 Å². The largest absolute Gasteiger partial charge is 0.477 e. The molecule has 1 aromatic rings. The number of carboxylic acid groups (broad SMARTS) is 1. The first kappa shape index (κ1) is 14.2. The van der Waals surface area contributed by atoms with Crippen molar-refractivity contribution in [1.82, 2.24) is 5.32 Å². The Morgan fingerprint density at radius 3 is 2.59 bits per heavy atom. The zero-order chi connectivity index (χ0) is 13.0. The molecule has 0 aliphatic rings. The predicted octanol–water partition coefficient (Wildman–Crippen LogP) is 3.28. The van der Waals surface area contributed by atoms with E-state index in [1.165, 1.54) is 11.3 Å². The van der Waals surface area contributed by atoms with E-state index in [1.807, 2.05) is 6.92 Å². The Kier molecular flexibility index (Phi) is 5.15. The van der Waals surface area contributed by atoms with Crippen LogP contribution >= 0.6 is 11.3 Å². The van der Waals surface area contributed by atoms with Crippen molar-refractivity contribution < 1.29 is 9.90 Å². The molecule has 0 saturated heterocycles. The molecule has 0 amide bonds. The lowest BCUT2D eigenvalue weighted by atomic mass is 10.1. The first-order valence-corrected chi connectivity index (χ1v) is 6.77. The van der Waals surface area contributed by atoms with E-state index in [4.69, 9.17) is 5.11 Å². The van der Waals surface area contributed by atoms with Gasteiger partial charge in [0.2, 0.25) is 0 Å². The van der Waals surface area contributed by atoms with E-state index in [2.05, 4.69) is 26.1 Å². The topological polar surface area (TPSA) is 49.3 Å². The molecule has 1 atom stereocenters. The van der Waals surface area contributed by atoms with Crippen LogP contribution in [-0.4, -0.2) is 17.1 Å². The average molecular weight is 255 g/mol. The molecule has 4 heteroatoms. The monoisotopic (exact) mass is 255 g/mol. The number of hydrogen-bond donors (Lipinski definition) is 2. The minimum absolute atomic E-state index is 0.427. The fourth-order valence-electron chi connectivity index (χ4n) is 1.88. The normalized spacial score (nSPS) is 13.0. The van der Waals surface area contributed by atoms with Gasteiger partial charge in [-0.15, -0.1) is 11.3 Å². The van der Waals surface area contributed by atoms with E-state index >= 15 is 0 Å². The zero-order valence-electron chi connectivity index (χ0n) is 10.9. The molecule has 0 bridgehead atoms. The molecule has 0 saturated carbocycles. The molecule has 1 heterocycles. The molecule has 0 radical (unpaired) electrons. The highest BCUT2D eigenvalue weighted by molar-refractivity contribution is 7.14. The van der Waals surface area contributed by atoms with E-state index in [-0.39, 0.29) is 0 Å². The smallest absolute Gasteiger partial charge is 0.345 e. The fourth-order valence-corrected chi connectivity index (χ4v) is 2.76. The van der Waals surface area contributed by atoms with Gasteiger partial charge in [0.1, 0.15) is 4.88 Å². The van der Waals surface area contributed by atoms with Crippen molar-refractivity contribution in [3.05, 3.63) is 21.4 Å². The summed E-state index contributed by atoms with van der Waals surface area (Å²) in [4.78, 5) is 12.4. The number of thiophene rings is 1. The van der Waals surface area contributed by atoms with Crippen LogP contribution in [0.4, 0.5) is 0 Å². The Balaban J connectivity index is 2.54. The van der Waals surface area contributed by atoms with Crippen LogP contribution in [0.1, 0.15) is 47.3 Å². The molecule has 2 N–H and O–H groups in total. The molecule has 0 aliphatic heterocycles. The Labute approximate surface area is 107 Å². The van der Waals surface area contributed by atoms with Gasteiger partial charge in [0.25, 0.3) is 0 Å². The summed E-state index contributed by atoms with van der Waals surface area (Å²) in [5.41, 5.74) is 1.10. The molecule has 0 aromatic carbocycles. The maximum atomic E-state index is 10.8. The van der Waals surface area contributed by atoms with Gasteiger partial charge in [-0.3, -0.25) is 0 Å². The van der Waals surface area contributed by atoms with Crippen molar-refractivity contribution in [1.29, 1.82) is 0 Å². The van der Waals surface area contributed by atoms with Gasteiger partial charge in [-0.2, -0.15) is 0 Å². The van der Waals surface area contributed by atoms with Crippen LogP contribution in [0.3, 0.4) is 0 Å². The first-order chi connectivity index (χ1) is 7.90. The van der Waals surface area contributed by atoms with E-state index in [1.54, 1.807) is 6.07 Å². The van der Waals surface area contributed by atoms with Crippen molar-refractivity contribution in [2.24, 2.45) is 5.92 Å². The SMILES string of the molecule is Cc1sc(C(=O)O)cc1CNC(C)CC(C)C. The van der Waals surface area contributed by atoms with Gasteiger partial charge in [-0.25, -0.2) is 4.79 Å². The highest BCUT2D eigenvalue weighted by atomic mass is 32.1. The number of hydrogen-bond acceptors (Lipinski definition) is 3. The van der Waals surface area contributed by atoms with Gasteiger partial charge in [0.05, 0.1) is 0 Å². The molecule has 1 aromatic heterocycles. The maximum Gasteiger partial charge on any atom is 0.345 e. The third kappa shape index (κ3) is 4.48. The van der Waals surface area contributed by atoms with Crippen LogP contribution in [0, 0.1) is 12.8 Å². The van der Waals surface area contributed by atoms with Gasteiger partial charge >= 0.3 is 5.97 Å². The summed E-state index contributed by atoms with van der Waals surface area (Å²) in [5.74, 6) is -0.157. The molecule has 1 rings (SSSR count). The van der Waals surface area contributed by atoms with Crippen molar-refractivity contribution >= 4 is 17.3 Å². The van der Waals surface area contributed by atoms with Crippen LogP contribution in [0.5, 0.6) is 0 Å². The second kappa shape index (κ2) is 6.17. The molecular weight excluding hydrogens is 234 g/mol. The van der Waals surface area contributed by atoms with Gasteiger partial charge < -0.3 is 10.4 Å². The Morgan fingerprint density at radius 2 is 2.12 bits per heavy atom. The lowest BCUT2D eigenvalue weighted by molar-refractivity contribution is 0.0702. The highest BCUT2D eigenvalue weighted by Crippen LogP contribution is 2.21. The molecule has 3 nitrogen and oxygen atoms in total. The number of carbonyl (C=O) groups is 1. The van der Waals surface area contributed by atoms with Crippen LogP contribution in [-0.2, 0) is 6.54 Å². The summed E-state index contributed by atoms with van der Waals surface area (Å²) in [6.45, 7) is 9.30. The fraction of sp³-hybridized carbons (Fsp3) is 0.615. The quantitative estimate of drug-likeness (QED) is 0.820. The molecule has 0 fully saturated rings. The molecule has 17 heavy (non-hydrogen) atoms. The zero-order valence-corrected chi connectivity index (χ0v) is 11.7. The minimum atomic E-state index is -0.834. The Bertz CT molecular complexity index is 385. The number of aryl methyl sites for hydroxylation is 1. The van der Waals surface area contributed by atoms with Gasteiger partial charge in [0, 0.05) is 17.5 Å². The summed E-state index contributed by atoms with van der Waals surface area (Å²) >= 11 is 1.35. The van der Waals surface area contributed by atoms with E-state index in [0.29, 0.717) is 16.8 Å². The van der Waals surface area contributed by atoms with Crippen LogP contribution in [0.2, 0.25) is 0 Å². The molecule has 96 valence electrons. The van der Waals surface area contributed by atoms with Gasteiger partial charge in [-0.1, -0.05) is 13.8 Å². The Hall–Kier alpha value is -0.870. The molecule has 0 aliphatic carbocycles. The van der Waals surface area contributed by atoms with Gasteiger partial charge in [-0.05, 0) is 37.8 Å². The standard InChI is InChI=1S/C13H21NO2S/c1-8(2)5-9(3)14-7-11-6-12(13(15)16)17-10(11)4/h6,8-9,14H,5,7H2,1-4H3,(H,15,16). The minimum Gasteiger partial charge on any atom is -0.477 e. The first-order valence-electron chi connectivity index (χ1n) is 5.96. The third-order valence-corrected chi connectivity index (χ3v) is 3.78. The number of carboxylic acids is 1. The lowest BCUT2D eigenvalue weighted by Crippen LogP contribution is -2.26. The number of nitrogens with one attached hydrogen (secondary N) is 1. The second-order valence-corrected chi connectivity index (χ2v) is 6.17. The summed E-state index contributed by atoms with van der Waals surface area (Å²) in [5, 5.41) is 12.3. The van der Waals surface area contributed by atoms with Crippen LogP contribution in [0.15, 0.2) is 6.07 Å². The lowest BCUT2D eigenvalue weighted by Gasteiger charge is -2.15. The average Bonchev–Trinajstić information content (AvgIpc) is 2.56.